The first-order valence-corrected chi connectivity index (χ1v) is 11.0. The molecule has 1 atom stereocenters. The van der Waals surface area contributed by atoms with Gasteiger partial charge in [-0.15, -0.1) is 0 Å². The molecule has 1 saturated heterocycles. The summed E-state index contributed by atoms with van der Waals surface area (Å²) in [7, 11) is 1.86. The number of ether oxygens (including phenoxy) is 1. The summed E-state index contributed by atoms with van der Waals surface area (Å²) >= 11 is 0. The smallest absolute Gasteiger partial charge is 0.170 e. The van der Waals surface area contributed by atoms with Crippen molar-refractivity contribution >= 4 is 16.8 Å². The SMILES string of the molecule is CNC1=CC=CC(OCCCN2CCC(c3noc4cc(F)ccc34)CC2)(C(C)=O)C1. The number of allylic oxidation sites excluding steroid dienone is 2. The average Bonchev–Trinajstić information content (AvgIpc) is 3.20. The Morgan fingerprint density at radius 2 is 2.19 bits per heavy atom. The zero-order valence-electron chi connectivity index (χ0n) is 18.2. The van der Waals surface area contributed by atoms with E-state index in [0.29, 0.717) is 24.5 Å². The molecule has 2 heterocycles. The van der Waals surface area contributed by atoms with E-state index >= 15 is 0 Å². The van der Waals surface area contributed by atoms with Crippen molar-refractivity contribution in [2.75, 3.05) is 33.3 Å². The van der Waals surface area contributed by atoms with E-state index in [1.165, 1.54) is 12.1 Å². The molecule has 0 amide bonds. The molecule has 7 heteroatoms. The number of likely N-dealkylation sites (tertiary alicyclic amines) is 1. The lowest BCUT2D eigenvalue weighted by atomic mass is 9.89. The second-order valence-electron chi connectivity index (χ2n) is 8.45. The van der Waals surface area contributed by atoms with Crippen LogP contribution in [0.1, 0.15) is 44.2 Å². The van der Waals surface area contributed by atoms with Gasteiger partial charge in [0, 0.05) is 49.7 Å². The van der Waals surface area contributed by atoms with Gasteiger partial charge >= 0.3 is 0 Å². The fourth-order valence-electron chi connectivity index (χ4n) is 4.53. The molecule has 0 spiro atoms. The fourth-order valence-corrected chi connectivity index (χ4v) is 4.53. The molecule has 0 radical (unpaired) electrons. The summed E-state index contributed by atoms with van der Waals surface area (Å²) in [5, 5.41) is 8.26. The van der Waals surface area contributed by atoms with Crippen LogP contribution in [-0.4, -0.2) is 54.7 Å². The summed E-state index contributed by atoms with van der Waals surface area (Å²) in [5.41, 5.74) is 1.61. The molecule has 1 aromatic carbocycles. The van der Waals surface area contributed by atoms with Crippen LogP contribution < -0.4 is 5.32 Å². The highest BCUT2D eigenvalue weighted by molar-refractivity contribution is 5.88. The number of hydrogen-bond donors (Lipinski definition) is 1. The number of piperidine rings is 1. The number of rotatable bonds is 8. The Morgan fingerprint density at radius 1 is 1.39 bits per heavy atom. The van der Waals surface area contributed by atoms with Gasteiger partial charge in [-0.05, 0) is 63.6 Å². The molecule has 31 heavy (non-hydrogen) atoms. The van der Waals surface area contributed by atoms with Crippen LogP contribution >= 0.6 is 0 Å². The molecule has 1 aromatic heterocycles. The minimum absolute atomic E-state index is 0.0325. The highest BCUT2D eigenvalue weighted by Crippen LogP contribution is 2.33. The third kappa shape index (κ3) is 4.72. The van der Waals surface area contributed by atoms with Crippen molar-refractivity contribution in [3.8, 4) is 0 Å². The van der Waals surface area contributed by atoms with Gasteiger partial charge in [0.1, 0.15) is 11.4 Å². The topological polar surface area (TPSA) is 67.6 Å². The lowest BCUT2D eigenvalue weighted by Crippen LogP contribution is -2.42. The second-order valence-corrected chi connectivity index (χ2v) is 8.45. The van der Waals surface area contributed by atoms with Crippen molar-refractivity contribution in [3.05, 3.63) is 53.6 Å². The van der Waals surface area contributed by atoms with E-state index in [1.54, 1.807) is 13.0 Å². The Labute approximate surface area is 182 Å². The van der Waals surface area contributed by atoms with E-state index in [1.807, 2.05) is 25.3 Å². The molecule has 1 aliphatic heterocycles. The summed E-state index contributed by atoms with van der Waals surface area (Å²) in [6.07, 6.45) is 9.16. The van der Waals surface area contributed by atoms with Crippen molar-refractivity contribution < 1.29 is 18.4 Å². The number of Topliss-reactive ketones (excluding diaryl/α,β-unsaturated/α-hetero) is 1. The normalized spacial score (nSPS) is 22.6. The van der Waals surface area contributed by atoms with Crippen LogP contribution in [-0.2, 0) is 9.53 Å². The largest absolute Gasteiger partial charge is 0.391 e. The summed E-state index contributed by atoms with van der Waals surface area (Å²) in [6.45, 7) is 5.02. The summed E-state index contributed by atoms with van der Waals surface area (Å²) in [6, 6.07) is 4.62. The molecule has 6 nitrogen and oxygen atoms in total. The molecule has 1 fully saturated rings. The third-order valence-corrected chi connectivity index (χ3v) is 6.45. The standard InChI is InChI=1S/C24H30FN3O3/c1-17(29)24(10-3-5-20(16-24)26-2)30-14-4-11-28-12-8-18(9-13-28)23-21-7-6-19(25)15-22(21)31-27-23/h3,5-7,10,15,18,26H,4,8-9,11-14,16H2,1-2H3. The van der Waals surface area contributed by atoms with Gasteiger partial charge in [-0.2, -0.15) is 0 Å². The predicted octanol–water partition coefficient (Wildman–Crippen LogP) is 3.94. The number of benzene rings is 1. The number of nitrogens with zero attached hydrogens (tertiary/aromatic N) is 2. The number of halogens is 1. The van der Waals surface area contributed by atoms with Crippen molar-refractivity contribution in [1.82, 2.24) is 15.4 Å². The lowest BCUT2D eigenvalue weighted by Gasteiger charge is -2.33. The molecule has 0 saturated carbocycles. The lowest BCUT2D eigenvalue weighted by molar-refractivity contribution is -0.136. The fraction of sp³-hybridized carbons (Fsp3) is 0.500. The average molecular weight is 428 g/mol. The van der Waals surface area contributed by atoms with Crippen LogP contribution in [0.15, 0.2) is 46.6 Å². The van der Waals surface area contributed by atoms with Crippen molar-refractivity contribution in [3.63, 3.8) is 0 Å². The first kappa shape index (κ1) is 21.7. The number of hydrogen-bond acceptors (Lipinski definition) is 6. The Kier molecular flexibility index (Phi) is 6.53. The minimum Gasteiger partial charge on any atom is -0.391 e. The van der Waals surface area contributed by atoms with Crippen LogP contribution in [0.3, 0.4) is 0 Å². The number of fused-ring (bicyclic) bond motifs is 1. The number of nitrogens with one attached hydrogen (secondary N) is 1. The predicted molar refractivity (Wildman–Crippen MR) is 117 cm³/mol. The third-order valence-electron chi connectivity index (χ3n) is 6.45. The number of aromatic nitrogens is 1. The zero-order valence-corrected chi connectivity index (χ0v) is 18.2. The van der Waals surface area contributed by atoms with Gasteiger partial charge in [-0.1, -0.05) is 11.2 Å². The quantitative estimate of drug-likeness (QED) is 0.644. The maximum Gasteiger partial charge on any atom is 0.170 e. The van der Waals surface area contributed by atoms with Gasteiger partial charge < -0.3 is 19.5 Å². The van der Waals surface area contributed by atoms with Crippen LogP contribution in [0, 0.1) is 5.82 Å². The maximum absolute atomic E-state index is 13.4. The molecule has 166 valence electrons. The Bertz CT molecular complexity index is 991. The molecular weight excluding hydrogens is 397 g/mol. The highest BCUT2D eigenvalue weighted by Gasteiger charge is 2.36. The van der Waals surface area contributed by atoms with Crippen LogP contribution in [0.25, 0.3) is 11.0 Å². The van der Waals surface area contributed by atoms with Gasteiger partial charge in [0.05, 0.1) is 5.69 Å². The maximum atomic E-state index is 13.4. The van der Waals surface area contributed by atoms with Crippen LogP contribution in [0.4, 0.5) is 4.39 Å². The molecule has 4 rings (SSSR count). The molecule has 1 aliphatic carbocycles. The Morgan fingerprint density at radius 3 is 2.94 bits per heavy atom. The van der Waals surface area contributed by atoms with Crippen LogP contribution in [0.2, 0.25) is 0 Å². The molecule has 2 aliphatic rings. The molecule has 0 bridgehead atoms. The number of carbonyl (C=O) groups excluding carboxylic acids is 1. The van der Waals surface area contributed by atoms with E-state index in [0.717, 1.165) is 55.7 Å². The Balaban J connectivity index is 1.25. The van der Waals surface area contributed by atoms with Crippen LogP contribution in [0.5, 0.6) is 0 Å². The first-order valence-electron chi connectivity index (χ1n) is 11.0. The zero-order chi connectivity index (χ0) is 21.8. The monoisotopic (exact) mass is 427 g/mol. The van der Waals surface area contributed by atoms with E-state index in [2.05, 4.69) is 15.4 Å². The molecular formula is C24H30FN3O3. The summed E-state index contributed by atoms with van der Waals surface area (Å²) in [4.78, 5) is 14.7. The summed E-state index contributed by atoms with van der Waals surface area (Å²) in [5.74, 6) is 0.0603. The van der Waals surface area contributed by atoms with Gasteiger partial charge in [0.2, 0.25) is 0 Å². The van der Waals surface area contributed by atoms with Gasteiger partial charge in [-0.3, -0.25) is 4.79 Å². The Hall–Kier alpha value is -2.51. The first-order chi connectivity index (χ1) is 15.0. The van der Waals surface area contributed by atoms with E-state index < -0.39 is 5.60 Å². The van der Waals surface area contributed by atoms with Gasteiger partial charge in [0.15, 0.2) is 11.4 Å². The minimum atomic E-state index is -0.854. The van der Waals surface area contributed by atoms with Gasteiger partial charge in [-0.25, -0.2) is 4.39 Å². The van der Waals surface area contributed by atoms with Crippen molar-refractivity contribution in [2.45, 2.75) is 44.1 Å². The number of carbonyl (C=O) groups is 1. The van der Waals surface area contributed by atoms with E-state index in [4.69, 9.17) is 9.26 Å². The number of ketones is 1. The molecule has 1 unspecified atom stereocenters. The van der Waals surface area contributed by atoms with E-state index in [9.17, 15) is 9.18 Å². The van der Waals surface area contributed by atoms with Crippen molar-refractivity contribution in [2.24, 2.45) is 0 Å². The molecule has 1 N–H and O–H groups in total. The second kappa shape index (κ2) is 9.32. The van der Waals surface area contributed by atoms with Gasteiger partial charge in [0.25, 0.3) is 0 Å². The van der Waals surface area contributed by atoms with Crippen molar-refractivity contribution in [1.29, 1.82) is 0 Å². The molecule has 2 aromatic rings. The summed E-state index contributed by atoms with van der Waals surface area (Å²) < 4.78 is 24.8. The highest BCUT2D eigenvalue weighted by atomic mass is 19.1. The van der Waals surface area contributed by atoms with E-state index in [-0.39, 0.29) is 11.6 Å².